The molecular weight excluding hydrogens is 262 g/mol. The molecule has 0 bridgehead atoms. The zero-order valence-electron chi connectivity index (χ0n) is 11.6. The van der Waals surface area contributed by atoms with Gasteiger partial charge in [-0.1, -0.05) is 6.92 Å². The number of hydrogen-bond donors (Lipinski definition) is 2. The zero-order valence-corrected chi connectivity index (χ0v) is 11.6. The van der Waals surface area contributed by atoms with Gasteiger partial charge in [0.2, 0.25) is 0 Å². The third-order valence-electron chi connectivity index (χ3n) is 3.52. The Kier molecular flexibility index (Phi) is 3.82. The number of likely N-dealkylation sites (tertiary alicyclic amines) is 1. The highest BCUT2D eigenvalue weighted by atomic mass is 16.4. The molecule has 0 saturated carbocycles. The number of amides is 2. The van der Waals surface area contributed by atoms with Crippen LogP contribution in [0.4, 0.5) is 10.7 Å². The van der Waals surface area contributed by atoms with Crippen molar-refractivity contribution in [2.45, 2.75) is 33.2 Å². The van der Waals surface area contributed by atoms with Gasteiger partial charge in [-0.05, 0) is 26.2 Å². The van der Waals surface area contributed by atoms with Crippen molar-refractivity contribution in [1.29, 1.82) is 0 Å². The third kappa shape index (κ3) is 2.68. The molecule has 2 N–H and O–H groups in total. The second kappa shape index (κ2) is 5.40. The lowest BCUT2D eigenvalue weighted by Crippen LogP contribution is -2.45. The van der Waals surface area contributed by atoms with Crippen LogP contribution in [-0.2, 0) is 4.79 Å². The fourth-order valence-corrected chi connectivity index (χ4v) is 2.23. The monoisotopic (exact) mass is 279 g/mol. The number of carboxylic acids is 1. The number of urea groups is 1. The van der Waals surface area contributed by atoms with Crippen molar-refractivity contribution in [3.63, 3.8) is 0 Å². The van der Waals surface area contributed by atoms with E-state index < -0.39 is 18.0 Å². The van der Waals surface area contributed by atoms with Crippen molar-refractivity contribution in [3.05, 3.63) is 11.4 Å². The van der Waals surface area contributed by atoms with Crippen LogP contribution in [0, 0.1) is 19.8 Å². The highest BCUT2D eigenvalue weighted by molar-refractivity contribution is 5.91. The van der Waals surface area contributed by atoms with E-state index in [-0.39, 0.29) is 11.9 Å². The minimum absolute atomic E-state index is 0.0722. The van der Waals surface area contributed by atoms with Crippen LogP contribution in [0.5, 0.6) is 0 Å². The molecule has 8 heteroatoms. The van der Waals surface area contributed by atoms with Crippen LogP contribution in [0.15, 0.2) is 0 Å². The molecule has 1 fully saturated rings. The number of carboxylic acid groups (broad SMARTS) is 1. The largest absolute Gasteiger partial charge is 0.480 e. The Labute approximate surface area is 116 Å². The molecule has 8 nitrogen and oxygen atoms in total. The van der Waals surface area contributed by atoms with Gasteiger partial charge in [0.1, 0.15) is 6.04 Å². The predicted molar refractivity (Wildman–Crippen MR) is 70.2 cm³/mol. The van der Waals surface area contributed by atoms with Crippen LogP contribution in [0.3, 0.4) is 0 Å². The number of aryl methyl sites for hydroxylation is 2. The number of anilines is 1. The summed E-state index contributed by atoms with van der Waals surface area (Å²) < 4.78 is 0. The van der Waals surface area contributed by atoms with E-state index >= 15 is 0 Å². The molecule has 20 heavy (non-hydrogen) atoms. The smallest absolute Gasteiger partial charge is 0.326 e. The summed E-state index contributed by atoms with van der Waals surface area (Å²) in [5.74, 6) is -0.983. The molecule has 0 aliphatic carbocycles. The fraction of sp³-hybridized carbons (Fsp3) is 0.583. The lowest BCUT2D eigenvalue weighted by Gasteiger charge is -2.23. The van der Waals surface area contributed by atoms with Gasteiger partial charge in [-0.25, -0.2) is 14.6 Å². The van der Waals surface area contributed by atoms with Gasteiger partial charge in [0, 0.05) is 6.54 Å². The summed E-state index contributed by atoms with van der Waals surface area (Å²) in [6.45, 7) is 5.75. The SMILES string of the molecule is Cc1nnc(NC(=O)N2CCC(C)C2C(=O)O)nc1C. The average molecular weight is 279 g/mol. The molecule has 1 aromatic heterocycles. The van der Waals surface area contributed by atoms with Gasteiger partial charge in [-0.15, -0.1) is 5.10 Å². The first-order chi connectivity index (χ1) is 9.40. The van der Waals surface area contributed by atoms with Crippen LogP contribution in [-0.4, -0.2) is 49.8 Å². The number of aliphatic carboxylic acids is 1. The normalized spacial score (nSPS) is 21.9. The number of nitrogens with zero attached hydrogens (tertiary/aromatic N) is 4. The molecule has 1 aliphatic rings. The van der Waals surface area contributed by atoms with Gasteiger partial charge in [0.05, 0.1) is 11.4 Å². The molecule has 2 amide bonds. The van der Waals surface area contributed by atoms with E-state index in [9.17, 15) is 14.7 Å². The summed E-state index contributed by atoms with van der Waals surface area (Å²) in [6.07, 6.45) is 0.663. The number of rotatable bonds is 2. The molecule has 2 atom stereocenters. The first-order valence-corrected chi connectivity index (χ1v) is 6.38. The summed E-state index contributed by atoms with van der Waals surface area (Å²) >= 11 is 0. The Bertz CT molecular complexity index is 548. The van der Waals surface area contributed by atoms with Crippen molar-refractivity contribution in [2.24, 2.45) is 5.92 Å². The third-order valence-corrected chi connectivity index (χ3v) is 3.52. The molecule has 2 rings (SSSR count). The molecule has 1 aromatic rings. The molecule has 0 radical (unpaired) electrons. The molecule has 2 heterocycles. The summed E-state index contributed by atoms with van der Waals surface area (Å²) in [7, 11) is 0. The highest BCUT2D eigenvalue weighted by Crippen LogP contribution is 2.24. The van der Waals surface area contributed by atoms with Crippen LogP contribution in [0.2, 0.25) is 0 Å². The lowest BCUT2D eigenvalue weighted by atomic mass is 10.0. The van der Waals surface area contributed by atoms with E-state index in [0.29, 0.717) is 24.4 Å². The van der Waals surface area contributed by atoms with E-state index in [1.165, 1.54) is 4.90 Å². The number of hydrogen-bond acceptors (Lipinski definition) is 5. The van der Waals surface area contributed by atoms with E-state index in [4.69, 9.17) is 0 Å². The Balaban J connectivity index is 2.11. The van der Waals surface area contributed by atoms with Crippen LogP contribution in [0.25, 0.3) is 0 Å². The van der Waals surface area contributed by atoms with Gasteiger partial charge >= 0.3 is 12.0 Å². The summed E-state index contributed by atoms with van der Waals surface area (Å²) in [6, 6.07) is -1.32. The minimum Gasteiger partial charge on any atom is -0.480 e. The Morgan fingerprint density at radius 1 is 1.30 bits per heavy atom. The van der Waals surface area contributed by atoms with Crippen molar-refractivity contribution in [3.8, 4) is 0 Å². The first kappa shape index (κ1) is 14.2. The second-order valence-corrected chi connectivity index (χ2v) is 4.98. The quantitative estimate of drug-likeness (QED) is 0.829. The van der Waals surface area contributed by atoms with Crippen molar-refractivity contribution >= 4 is 17.9 Å². The number of carbonyl (C=O) groups excluding carboxylic acids is 1. The number of carbonyl (C=O) groups is 2. The molecule has 108 valence electrons. The Hall–Kier alpha value is -2.25. The summed E-state index contributed by atoms with van der Waals surface area (Å²) in [5, 5.41) is 19.3. The molecule has 1 saturated heterocycles. The predicted octanol–water partition coefficient (Wildman–Crippen LogP) is 0.815. The van der Waals surface area contributed by atoms with Crippen molar-refractivity contribution < 1.29 is 14.7 Å². The molecule has 2 unspecified atom stereocenters. The van der Waals surface area contributed by atoms with E-state index in [1.807, 2.05) is 6.92 Å². The standard InChI is InChI=1S/C12H17N5O3/c1-6-4-5-17(9(6)10(18)19)12(20)14-11-13-7(2)8(3)15-16-11/h6,9H,4-5H2,1-3H3,(H,18,19)(H,13,14,16,20). The van der Waals surface area contributed by atoms with Crippen molar-refractivity contribution in [1.82, 2.24) is 20.1 Å². The van der Waals surface area contributed by atoms with Gasteiger partial charge in [0.15, 0.2) is 0 Å². The maximum atomic E-state index is 12.1. The Morgan fingerprint density at radius 3 is 2.60 bits per heavy atom. The molecule has 0 spiro atoms. The fourth-order valence-electron chi connectivity index (χ4n) is 2.23. The van der Waals surface area contributed by atoms with Crippen LogP contribution in [0.1, 0.15) is 24.7 Å². The van der Waals surface area contributed by atoms with E-state index in [1.54, 1.807) is 13.8 Å². The van der Waals surface area contributed by atoms with Gasteiger partial charge in [-0.3, -0.25) is 5.32 Å². The summed E-state index contributed by atoms with van der Waals surface area (Å²) in [4.78, 5) is 28.7. The molecule has 1 aliphatic heterocycles. The van der Waals surface area contributed by atoms with Gasteiger partial charge in [0.25, 0.3) is 5.95 Å². The number of aromatic nitrogens is 3. The maximum Gasteiger partial charge on any atom is 0.326 e. The summed E-state index contributed by atoms with van der Waals surface area (Å²) in [5.41, 5.74) is 1.35. The minimum atomic E-state index is -0.996. The molecule has 0 aromatic carbocycles. The van der Waals surface area contributed by atoms with E-state index in [0.717, 1.165) is 0 Å². The Morgan fingerprint density at radius 2 is 2.00 bits per heavy atom. The first-order valence-electron chi connectivity index (χ1n) is 6.38. The van der Waals surface area contributed by atoms with Crippen LogP contribution < -0.4 is 5.32 Å². The zero-order chi connectivity index (χ0) is 14.9. The van der Waals surface area contributed by atoms with Gasteiger partial charge in [-0.2, -0.15) is 5.10 Å². The number of nitrogens with one attached hydrogen (secondary N) is 1. The van der Waals surface area contributed by atoms with Crippen LogP contribution >= 0.6 is 0 Å². The maximum absolute atomic E-state index is 12.1. The van der Waals surface area contributed by atoms with Crippen molar-refractivity contribution in [2.75, 3.05) is 11.9 Å². The highest BCUT2D eigenvalue weighted by Gasteiger charge is 2.39. The molecular formula is C12H17N5O3. The van der Waals surface area contributed by atoms with E-state index in [2.05, 4.69) is 20.5 Å². The lowest BCUT2D eigenvalue weighted by molar-refractivity contribution is -0.142. The van der Waals surface area contributed by atoms with Gasteiger partial charge < -0.3 is 10.0 Å². The average Bonchev–Trinajstić information content (AvgIpc) is 2.76. The topological polar surface area (TPSA) is 108 Å². The second-order valence-electron chi connectivity index (χ2n) is 4.98.